The summed E-state index contributed by atoms with van der Waals surface area (Å²) < 4.78 is 9.54. The van der Waals surface area contributed by atoms with Crippen LogP contribution in [0, 0.1) is 0 Å². The van der Waals surface area contributed by atoms with Gasteiger partial charge < -0.3 is 14.8 Å². The van der Waals surface area contributed by atoms with Crippen LogP contribution in [0.3, 0.4) is 0 Å². The minimum Gasteiger partial charge on any atom is -0.462 e. The molecule has 104 valence electrons. The molecule has 0 bridgehead atoms. The number of ether oxygens (including phenoxy) is 2. The van der Waals surface area contributed by atoms with Gasteiger partial charge in [0.2, 0.25) is 0 Å². The van der Waals surface area contributed by atoms with Crippen molar-refractivity contribution in [2.75, 3.05) is 26.9 Å². The van der Waals surface area contributed by atoms with Gasteiger partial charge in [-0.2, -0.15) is 0 Å². The van der Waals surface area contributed by atoms with Crippen molar-refractivity contribution < 1.29 is 19.1 Å². The molecule has 0 saturated heterocycles. The average Bonchev–Trinajstić information content (AvgIpc) is 2.45. The second-order valence-corrected chi connectivity index (χ2v) is 3.99. The summed E-state index contributed by atoms with van der Waals surface area (Å²) >= 11 is 5.65. The van der Waals surface area contributed by atoms with E-state index in [0.717, 1.165) is 5.56 Å². The maximum absolute atomic E-state index is 11.7. The fourth-order valence-corrected chi connectivity index (χ4v) is 1.47. The molecule has 0 radical (unpaired) electrons. The number of benzene rings is 1. The van der Waals surface area contributed by atoms with E-state index < -0.39 is 5.97 Å². The molecule has 1 aromatic carbocycles. The number of rotatable bonds is 7. The van der Waals surface area contributed by atoms with E-state index in [-0.39, 0.29) is 19.1 Å². The summed E-state index contributed by atoms with van der Waals surface area (Å²) in [5.74, 6) is -0.430. The molecule has 5 nitrogen and oxygen atoms in total. The number of carbonyl (C=O) groups is 2. The third-order valence-corrected chi connectivity index (χ3v) is 2.62. The van der Waals surface area contributed by atoms with Crippen molar-refractivity contribution in [2.45, 2.75) is 5.88 Å². The van der Waals surface area contributed by atoms with Crippen LogP contribution in [0.15, 0.2) is 24.3 Å². The highest BCUT2D eigenvalue weighted by molar-refractivity contribution is 6.17. The first kappa shape index (κ1) is 15.5. The van der Waals surface area contributed by atoms with Crippen LogP contribution in [0.4, 0.5) is 0 Å². The van der Waals surface area contributed by atoms with Crippen LogP contribution in [0.25, 0.3) is 0 Å². The Morgan fingerprint density at radius 2 is 1.89 bits per heavy atom. The molecule has 0 saturated carbocycles. The van der Waals surface area contributed by atoms with Crippen LogP contribution >= 0.6 is 11.6 Å². The molecule has 0 aliphatic heterocycles. The van der Waals surface area contributed by atoms with Crippen molar-refractivity contribution in [3.8, 4) is 0 Å². The van der Waals surface area contributed by atoms with Gasteiger partial charge in [0.1, 0.15) is 13.2 Å². The molecule has 19 heavy (non-hydrogen) atoms. The SMILES string of the molecule is COCCOC(=O)CNC(=O)c1ccc(CCl)cc1. The Balaban J connectivity index is 2.35. The molecule has 6 heteroatoms. The molecule has 1 rings (SSSR count). The van der Waals surface area contributed by atoms with Crippen LogP contribution in [-0.2, 0) is 20.1 Å². The van der Waals surface area contributed by atoms with E-state index in [4.69, 9.17) is 21.1 Å². The summed E-state index contributed by atoms with van der Waals surface area (Å²) in [4.78, 5) is 22.9. The Hall–Kier alpha value is -1.59. The van der Waals surface area contributed by atoms with Gasteiger partial charge in [0, 0.05) is 18.6 Å². The summed E-state index contributed by atoms with van der Waals surface area (Å²) in [6.45, 7) is 0.342. The number of carbonyl (C=O) groups excluding carboxylic acids is 2. The van der Waals surface area contributed by atoms with Crippen molar-refractivity contribution in [2.24, 2.45) is 0 Å². The minimum atomic E-state index is -0.497. The van der Waals surface area contributed by atoms with Gasteiger partial charge in [-0.3, -0.25) is 9.59 Å². The topological polar surface area (TPSA) is 64.6 Å². The van der Waals surface area contributed by atoms with Gasteiger partial charge in [-0.1, -0.05) is 12.1 Å². The molecular formula is C13H16ClNO4. The lowest BCUT2D eigenvalue weighted by atomic mass is 10.1. The number of esters is 1. The van der Waals surface area contributed by atoms with E-state index in [2.05, 4.69) is 5.32 Å². The third-order valence-electron chi connectivity index (χ3n) is 2.31. The number of alkyl halides is 1. The van der Waals surface area contributed by atoms with Gasteiger partial charge in [-0.25, -0.2) is 0 Å². The first-order valence-electron chi connectivity index (χ1n) is 5.75. The Bertz CT molecular complexity index is 419. The van der Waals surface area contributed by atoms with Crippen LogP contribution in [0.1, 0.15) is 15.9 Å². The van der Waals surface area contributed by atoms with Crippen molar-refractivity contribution >= 4 is 23.5 Å². The number of nitrogens with one attached hydrogen (secondary N) is 1. The second kappa shape index (κ2) is 8.50. The lowest BCUT2D eigenvalue weighted by Crippen LogP contribution is -2.31. The van der Waals surface area contributed by atoms with E-state index >= 15 is 0 Å². The van der Waals surface area contributed by atoms with Crippen LogP contribution < -0.4 is 5.32 Å². The van der Waals surface area contributed by atoms with E-state index in [9.17, 15) is 9.59 Å². The Morgan fingerprint density at radius 1 is 1.21 bits per heavy atom. The maximum Gasteiger partial charge on any atom is 0.325 e. The number of methoxy groups -OCH3 is 1. The average molecular weight is 286 g/mol. The van der Waals surface area contributed by atoms with Crippen molar-refractivity contribution in [3.63, 3.8) is 0 Å². The molecule has 1 aromatic rings. The van der Waals surface area contributed by atoms with E-state index in [0.29, 0.717) is 18.1 Å². The zero-order valence-corrected chi connectivity index (χ0v) is 11.4. The van der Waals surface area contributed by atoms with E-state index in [1.165, 1.54) is 7.11 Å². The van der Waals surface area contributed by atoms with Gasteiger partial charge >= 0.3 is 5.97 Å². The normalized spacial score (nSPS) is 10.0. The zero-order chi connectivity index (χ0) is 14.1. The summed E-state index contributed by atoms with van der Waals surface area (Å²) in [6, 6.07) is 6.84. The predicted molar refractivity (Wildman–Crippen MR) is 71.2 cm³/mol. The van der Waals surface area contributed by atoms with Gasteiger partial charge in [0.15, 0.2) is 0 Å². The fraction of sp³-hybridized carbons (Fsp3) is 0.385. The lowest BCUT2D eigenvalue weighted by molar-refractivity contribution is -0.143. The van der Waals surface area contributed by atoms with Crippen molar-refractivity contribution in [1.29, 1.82) is 0 Å². The first-order valence-corrected chi connectivity index (χ1v) is 6.28. The first-order chi connectivity index (χ1) is 9.17. The van der Waals surface area contributed by atoms with Crippen LogP contribution in [-0.4, -0.2) is 38.7 Å². The number of hydrogen-bond donors (Lipinski definition) is 1. The molecule has 1 amide bonds. The molecule has 0 spiro atoms. The van der Waals surface area contributed by atoms with Gasteiger partial charge in [0.05, 0.1) is 6.61 Å². The van der Waals surface area contributed by atoms with Crippen molar-refractivity contribution in [3.05, 3.63) is 35.4 Å². The lowest BCUT2D eigenvalue weighted by Gasteiger charge is -2.06. The van der Waals surface area contributed by atoms with Crippen LogP contribution in [0.5, 0.6) is 0 Å². The minimum absolute atomic E-state index is 0.167. The number of hydrogen-bond acceptors (Lipinski definition) is 4. The third kappa shape index (κ3) is 5.72. The zero-order valence-electron chi connectivity index (χ0n) is 10.6. The fourth-order valence-electron chi connectivity index (χ4n) is 1.29. The maximum atomic E-state index is 11.7. The summed E-state index contributed by atoms with van der Waals surface area (Å²) in [5, 5.41) is 2.48. The van der Waals surface area contributed by atoms with Crippen molar-refractivity contribution in [1.82, 2.24) is 5.32 Å². The Labute approximate surface area is 116 Å². The summed E-state index contributed by atoms with van der Waals surface area (Å²) in [7, 11) is 1.51. The standard InChI is InChI=1S/C13H16ClNO4/c1-18-6-7-19-12(16)9-15-13(17)11-4-2-10(8-14)3-5-11/h2-5H,6-9H2,1H3,(H,15,17). The highest BCUT2D eigenvalue weighted by atomic mass is 35.5. The Kier molecular flexibility index (Phi) is 6.92. The molecule has 0 atom stereocenters. The molecule has 0 fully saturated rings. The van der Waals surface area contributed by atoms with Gasteiger partial charge in [0.25, 0.3) is 5.91 Å². The quantitative estimate of drug-likeness (QED) is 0.466. The summed E-state index contributed by atoms with van der Waals surface area (Å²) in [5.41, 5.74) is 1.40. The van der Waals surface area contributed by atoms with Crippen LogP contribution in [0.2, 0.25) is 0 Å². The predicted octanol–water partition coefficient (Wildman–Crippen LogP) is 1.34. The largest absolute Gasteiger partial charge is 0.462 e. The number of amides is 1. The number of halogens is 1. The molecule has 0 aliphatic rings. The molecular weight excluding hydrogens is 270 g/mol. The Morgan fingerprint density at radius 3 is 2.47 bits per heavy atom. The second-order valence-electron chi connectivity index (χ2n) is 3.73. The van der Waals surface area contributed by atoms with Gasteiger partial charge in [-0.15, -0.1) is 11.6 Å². The smallest absolute Gasteiger partial charge is 0.325 e. The van der Waals surface area contributed by atoms with Gasteiger partial charge in [-0.05, 0) is 17.7 Å². The molecule has 0 unspecified atom stereocenters. The van der Waals surface area contributed by atoms with E-state index in [1.54, 1.807) is 24.3 Å². The molecule has 1 N–H and O–H groups in total. The summed E-state index contributed by atoms with van der Waals surface area (Å²) in [6.07, 6.45) is 0. The monoisotopic (exact) mass is 285 g/mol. The highest BCUT2D eigenvalue weighted by Crippen LogP contribution is 2.06. The molecule has 0 aliphatic carbocycles. The highest BCUT2D eigenvalue weighted by Gasteiger charge is 2.08. The molecule has 0 aromatic heterocycles. The van der Waals surface area contributed by atoms with E-state index in [1.807, 2.05) is 0 Å². The molecule has 0 heterocycles.